The summed E-state index contributed by atoms with van der Waals surface area (Å²) in [6.07, 6.45) is 0.510. The first kappa shape index (κ1) is 6.85. The first-order valence-electron chi connectivity index (χ1n) is 2.99. The Morgan fingerprint density at radius 2 is 2.60 bits per heavy atom. The molecule has 0 amide bonds. The van der Waals surface area contributed by atoms with Crippen LogP contribution in [-0.4, -0.2) is 29.6 Å². The number of carboxylic acids is 1. The number of nitrogens with one attached hydrogen (secondary N) is 1. The predicted molar refractivity (Wildman–Crippen MR) is 35.7 cm³/mol. The molecule has 56 valence electrons. The highest BCUT2D eigenvalue weighted by Crippen LogP contribution is 1.97. The molecule has 10 heavy (non-hydrogen) atoms. The molecule has 1 atom stereocenters. The van der Waals surface area contributed by atoms with Crippen molar-refractivity contribution in [3.8, 4) is 0 Å². The van der Waals surface area contributed by atoms with Crippen LogP contribution in [0.25, 0.3) is 0 Å². The van der Waals surface area contributed by atoms with Gasteiger partial charge in [0.15, 0.2) is 5.96 Å². The van der Waals surface area contributed by atoms with Gasteiger partial charge < -0.3 is 16.2 Å². The van der Waals surface area contributed by atoms with Crippen LogP contribution in [-0.2, 0) is 4.79 Å². The van der Waals surface area contributed by atoms with Crippen LogP contribution in [0.15, 0.2) is 4.99 Å². The summed E-state index contributed by atoms with van der Waals surface area (Å²) in [6.45, 7) is 0.496. The first-order valence-corrected chi connectivity index (χ1v) is 2.99. The third-order valence-corrected chi connectivity index (χ3v) is 1.32. The largest absolute Gasteiger partial charge is 0.480 e. The summed E-state index contributed by atoms with van der Waals surface area (Å²) in [5, 5.41) is 11.0. The van der Waals surface area contributed by atoms with Gasteiger partial charge in [0.25, 0.3) is 0 Å². The van der Waals surface area contributed by atoms with Gasteiger partial charge in [0.1, 0.15) is 6.04 Å². The zero-order valence-electron chi connectivity index (χ0n) is 5.37. The number of aliphatic carboxylic acids is 1. The third kappa shape index (κ3) is 1.37. The third-order valence-electron chi connectivity index (χ3n) is 1.32. The molecule has 0 bridgehead atoms. The van der Waals surface area contributed by atoms with Gasteiger partial charge in [-0.2, -0.15) is 0 Å². The number of aliphatic imine (C=N–C) groups is 1. The maximum absolute atomic E-state index is 10.3. The predicted octanol–water partition coefficient (Wildman–Crippen LogP) is -1.25. The van der Waals surface area contributed by atoms with E-state index in [4.69, 9.17) is 10.8 Å². The fourth-order valence-corrected chi connectivity index (χ4v) is 0.796. The molecule has 5 heteroatoms. The molecule has 0 radical (unpaired) electrons. The standard InChI is InChI=1S/C5H9N3O2/c6-5-7-2-1-3(8-5)4(9)10/h3H,1-2H2,(H,9,10)(H3,6,7,8)/t3-/m0/s1. The Labute approximate surface area is 57.9 Å². The monoisotopic (exact) mass is 143 g/mol. The molecule has 1 heterocycles. The van der Waals surface area contributed by atoms with E-state index in [0.717, 1.165) is 0 Å². The van der Waals surface area contributed by atoms with Crippen LogP contribution < -0.4 is 11.1 Å². The maximum atomic E-state index is 10.3. The van der Waals surface area contributed by atoms with E-state index in [-0.39, 0.29) is 5.96 Å². The first-order chi connectivity index (χ1) is 4.70. The molecule has 0 fully saturated rings. The minimum atomic E-state index is -0.877. The summed E-state index contributed by atoms with van der Waals surface area (Å²) in [7, 11) is 0. The number of hydrogen-bond donors (Lipinski definition) is 3. The van der Waals surface area contributed by atoms with Gasteiger partial charge in [-0.25, -0.2) is 4.79 Å². The Hall–Kier alpha value is -1.26. The van der Waals surface area contributed by atoms with Gasteiger partial charge in [-0.05, 0) is 6.42 Å². The number of hydrogen-bond acceptors (Lipinski definition) is 4. The van der Waals surface area contributed by atoms with Crippen LogP contribution in [0.4, 0.5) is 0 Å². The molecule has 0 saturated heterocycles. The van der Waals surface area contributed by atoms with E-state index in [1.807, 2.05) is 0 Å². The van der Waals surface area contributed by atoms with Crippen LogP contribution in [0, 0.1) is 0 Å². The molecule has 0 unspecified atom stereocenters. The lowest BCUT2D eigenvalue weighted by atomic mass is 10.2. The molecule has 0 saturated carbocycles. The fraction of sp³-hybridized carbons (Fsp3) is 0.600. The van der Waals surface area contributed by atoms with Crippen LogP contribution in [0.5, 0.6) is 0 Å². The van der Waals surface area contributed by atoms with E-state index in [1.165, 1.54) is 0 Å². The second kappa shape index (κ2) is 2.55. The topological polar surface area (TPSA) is 87.7 Å². The molecule has 0 spiro atoms. The number of nitrogens with two attached hydrogens (primary N) is 1. The van der Waals surface area contributed by atoms with Crippen molar-refractivity contribution in [2.24, 2.45) is 10.7 Å². The second-order valence-electron chi connectivity index (χ2n) is 2.09. The number of carbonyl (C=O) groups is 1. The van der Waals surface area contributed by atoms with Crippen molar-refractivity contribution in [2.45, 2.75) is 12.5 Å². The summed E-state index contributed by atoms with van der Waals surface area (Å²) >= 11 is 0. The second-order valence-corrected chi connectivity index (χ2v) is 2.09. The molecule has 0 aliphatic carbocycles. The Bertz CT molecular complexity index is 178. The van der Waals surface area contributed by atoms with E-state index < -0.39 is 12.0 Å². The SMILES string of the molecule is NC1=NCC[C@@H](C(=O)O)N1. The van der Waals surface area contributed by atoms with E-state index >= 15 is 0 Å². The summed E-state index contributed by atoms with van der Waals surface area (Å²) in [4.78, 5) is 14.1. The molecule has 1 aliphatic heterocycles. The average Bonchev–Trinajstić information content (AvgIpc) is 1.88. The van der Waals surface area contributed by atoms with Crippen molar-refractivity contribution in [1.29, 1.82) is 0 Å². The summed E-state index contributed by atoms with van der Waals surface area (Å²) in [5.41, 5.74) is 5.24. The van der Waals surface area contributed by atoms with Gasteiger partial charge in [-0.3, -0.25) is 4.99 Å². The smallest absolute Gasteiger partial charge is 0.326 e. The summed E-state index contributed by atoms with van der Waals surface area (Å²) in [5.74, 6) is -0.656. The molecular formula is C5H9N3O2. The Kier molecular flexibility index (Phi) is 1.75. The molecule has 0 aromatic heterocycles. The summed E-state index contributed by atoms with van der Waals surface area (Å²) < 4.78 is 0. The quantitative estimate of drug-likeness (QED) is 0.428. The normalized spacial score (nSPS) is 24.8. The van der Waals surface area contributed by atoms with Crippen LogP contribution in [0.1, 0.15) is 6.42 Å². The Morgan fingerprint density at radius 3 is 3.00 bits per heavy atom. The van der Waals surface area contributed by atoms with Crippen LogP contribution >= 0.6 is 0 Å². The minimum absolute atomic E-state index is 0.221. The molecular weight excluding hydrogens is 134 g/mol. The lowest BCUT2D eigenvalue weighted by Crippen LogP contribution is -2.47. The molecule has 4 N–H and O–H groups in total. The maximum Gasteiger partial charge on any atom is 0.326 e. The lowest BCUT2D eigenvalue weighted by molar-refractivity contribution is -0.139. The van der Waals surface area contributed by atoms with E-state index in [0.29, 0.717) is 13.0 Å². The van der Waals surface area contributed by atoms with Crippen molar-refractivity contribution in [2.75, 3.05) is 6.54 Å². The zero-order chi connectivity index (χ0) is 7.56. The highest BCUT2D eigenvalue weighted by atomic mass is 16.4. The van der Waals surface area contributed by atoms with E-state index in [2.05, 4.69) is 10.3 Å². The zero-order valence-corrected chi connectivity index (χ0v) is 5.37. The van der Waals surface area contributed by atoms with Gasteiger partial charge in [0, 0.05) is 6.54 Å². The van der Waals surface area contributed by atoms with Gasteiger partial charge in [0.2, 0.25) is 0 Å². The molecule has 1 aliphatic rings. The summed E-state index contributed by atoms with van der Waals surface area (Å²) in [6, 6.07) is -0.558. The van der Waals surface area contributed by atoms with Crippen LogP contribution in [0.2, 0.25) is 0 Å². The van der Waals surface area contributed by atoms with Crippen molar-refractivity contribution >= 4 is 11.9 Å². The Balaban J connectivity index is 2.53. The molecule has 1 rings (SSSR count). The Morgan fingerprint density at radius 1 is 1.90 bits per heavy atom. The number of carboxylic acid groups (broad SMARTS) is 1. The van der Waals surface area contributed by atoms with Gasteiger partial charge in [0.05, 0.1) is 0 Å². The van der Waals surface area contributed by atoms with Gasteiger partial charge >= 0.3 is 5.97 Å². The molecule has 0 aromatic rings. The number of rotatable bonds is 1. The van der Waals surface area contributed by atoms with Crippen LogP contribution in [0.3, 0.4) is 0 Å². The van der Waals surface area contributed by atoms with E-state index in [9.17, 15) is 4.79 Å². The van der Waals surface area contributed by atoms with Crippen molar-refractivity contribution < 1.29 is 9.90 Å². The number of guanidine groups is 1. The molecule has 5 nitrogen and oxygen atoms in total. The fourth-order valence-electron chi connectivity index (χ4n) is 0.796. The van der Waals surface area contributed by atoms with Crippen molar-refractivity contribution in [3.63, 3.8) is 0 Å². The average molecular weight is 143 g/mol. The highest BCUT2D eigenvalue weighted by Gasteiger charge is 2.19. The lowest BCUT2D eigenvalue weighted by Gasteiger charge is -2.17. The van der Waals surface area contributed by atoms with Gasteiger partial charge in [-0.1, -0.05) is 0 Å². The van der Waals surface area contributed by atoms with E-state index in [1.54, 1.807) is 0 Å². The number of nitrogens with zero attached hydrogens (tertiary/aromatic N) is 1. The minimum Gasteiger partial charge on any atom is -0.480 e. The van der Waals surface area contributed by atoms with Crippen molar-refractivity contribution in [3.05, 3.63) is 0 Å². The molecule has 0 aromatic carbocycles. The highest BCUT2D eigenvalue weighted by molar-refractivity contribution is 5.85. The van der Waals surface area contributed by atoms with Crippen molar-refractivity contribution in [1.82, 2.24) is 5.32 Å². The van der Waals surface area contributed by atoms with Gasteiger partial charge in [-0.15, -0.1) is 0 Å².